The highest BCUT2D eigenvalue weighted by Crippen LogP contribution is 2.33. The average Bonchev–Trinajstić information content (AvgIpc) is 2.28. The van der Waals surface area contributed by atoms with E-state index < -0.39 is 5.82 Å². The number of anilines is 1. The quantitative estimate of drug-likeness (QED) is 0.812. The summed E-state index contributed by atoms with van der Waals surface area (Å²) in [5.41, 5.74) is 6.84. The third kappa shape index (κ3) is 1.90. The summed E-state index contributed by atoms with van der Waals surface area (Å²) in [6.45, 7) is 0. The smallest absolute Gasteiger partial charge is 0.152 e. The lowest BCUT2D eigenvalue weighted by molar-refractivity contribution is 0.630. The van der Waals surface area contributed by atoms with Crippen molar-refractivity contribution in [2.75, 3.05) is 5.73 Å². The highest BCUT2D eigenvalue weighted by atomic mass is 79.9. The first kappa shape index (κ1) is 11.4. The van der Waals surface area contributed by atoms with Crippen molar-refractivity contribution in [2.24, 2.45) is 0 Å². The summed E-state index contributed by atoms with van der Waals surface area (Å²) in [6, 6.07) is 6.60. The number of nitrogen functional groups attached to an aromatic ring is 1. The second-order valence-electron chi connectivity index (χ2n) is 3.16. The van der Waals surface area contributed by atoms with Crippen LogP contribution in [0.5, 0.6) is 0 Å². The predicted molar refractivity (Wildman–Crippen MR) is 66.8 cm³/mol. The molecule has 0 aliphatic rings. The van der Waals surface area contributed by atoms with Crippen LogP contribution >= 0.6 is 27.5 Å². The number of pyridine rings is 1. The van der Waals surface area contributed by atoms with Crippen LogP contribution in [0, 0.1) is 5.82 Å². The topological polar surface area (TPSA) is 38.9 Å². The fourth-order valence-electron chi connectivity index (χ4n) is 1.35. The van der Waals surface area contributed by atoms with Crippen LogP contribution in [-0.4, -0.2) is 4.98 Å². The second-order valence-corrected chi connectivity index (χ2v) is 4.40. The third-order valence-electron chi connectivity index (χ3n) is 2.13. The van der Waals surface area contributed by atoms with Crippen molar-refractivity contribution in [3.05, 3.63) is 45.8 Å². The summed E-state index contributed by atoms with van der Waals surface area (Å²) in [7, 11) is 0. The molecule has 2 nitrogen and oxygen atoms in total. The summed E-state index contributed by atoms with van der Waals surface area (Å²) in [5, 5.41) is 0.0301. The van der Waals surface area contributed by atoms with Crippen LogP contribution < -0.4 is 5.73 Å². The first-order chi connectivity index (χ1) is 7.61. The van der Waals surface area contributed by atoms with Crippen LogP contribution in [-0.2, 0) is 0 Å². The van der Waals surface area contributed by atoms with Gasteiger partial charge in [0.05, 0.1) is 16.4 Å². The van der Waals surface area contributed by atoms with Crippen LogP contribution in [0.25, 0.3) is 11.3 Å². The summed E-state index contributed by atoms with van der Waals surface area (Å²) in [4.78, 5) is 4.04. The zero-order valence-electron chi connectivity index (χ0n) is 8.05. The molecule has 2 N–H and O–H groups in total. The number of rotatable bonds is 1. The zero-order chi connectivity index (χ0) is 11.7. The molecule has 82 valence electrons. The number of nitrogens with zero attached hydrogens (tertiary/aromatic N) is 1. The minimum atomic E-state index is -0.526. The van der Waals surface area contributed by atoms with E-state index in [1.165, 1.54) is 0 Å². The molecule has 0 saturated carbocycles. The van der Waals surface area contributed by atoms with E-state index >= 15 is 0 Å². The van der Waals surface area contributed by atoms with Crippen molar-refractivity contribution in [1.29, 1.82) is 0 Å². The van der Waals surface area contributed by atoms with Gasteiger partial charge in [-0.15, -0.1) is 0 Å². The second kappa shape index (κ2) is 4.39. The molecule has 5 heteroatoms. The summed E-state index contributed by atoms with van der Waals surface area (Å²) in [6.07, 6.45) is 1.56. The Bertz CT molecular complexity index is 546. The molecular formula is C11H7BrClFN2. The number of benzene rings is 1. The van der Waals surface area contributed by atoms with Crippen LogP contribution in [0.2, 0.25) is 5.02 Å². The summed E-state index contributed by atoms with van der Waals surface area (Å²) < 4.78 is 14.4. The molecule has 0 unspecified atom stereocenters. The standard InChI is InChI=1S/C11H7BrClFN2/c12-7-4-3-6(10(14)9(7)13)11-8(15)2-1-5-16-11/h1-5H,15H2. The van der Waals surface area contributed by atoms with Crippen molar-refractivity contribution in [3.8, 4) is 11.3 Å². The zero-order valence-corrected chi connectivity index (χ0v) is 10.4. The summed E-state index contributed by atoms with van der Waals surface area (Å²) >= 11 is 8.94. The molecule has 0 fully saturated rings. The molecule has 0 amide bonds. The lowest BCUT2D eigenvalue weighted by atomic mass is 10.1. The summed E-state index contributed by atoms with van der Waals surface area (Å²) in [5.74, 6) is -0.526. The molecule has 2 aromatic rings. The predicted octanol–water partition coefficient (Wildman–Crippen LogP) is 3.89. The van der Waals surface area contributed by atoms with Gasteiger partial charge in [0.25, 0.3) is 0 Å². The Balaban J connectivity index is 2.66. The number of aromatic nitrogens is 1. The molecule has 0 aliphatic heterocycles. The van der Waals surface area contributed by atoms with E-state index in [-0.39, 0.29) is 5.02 Å². The molecule has 0 saturated heterocycles. The molecule has 0 radical (unpaired) electrons. The Morgan fingerprint density at radius 3 is 2.75 bits per heavy atom. The molecule has 1 aromatic heterocycles. The Hall–Kier alpha value is -1.13. The van der Waals surface area contributed by atoms with Gasteiger partial charge in [-0.2, -0.15) is 0 Å². The minimum Gasteiger partial charge on any atom is -0.397 e. The van der Waals surface area contributed by atoms with Gasteiger partial charge in [0.2, 0.25) is 0 Å². The molecule has 0 spiro atoms. The van der Waals surface area contributed by atoms with Gasteiger partial charge in [-0.3, -0.25) is 4.98 Å². The van der Waals surface area contributed by atoms with Gasteiger partial charge in [0.1, 0.15) is 0 Å². The molecule has 0 atom stereocenters. The molecule has 2 rings (SSSR count). The molecule has 0 bridgehead atoms. The first-order valence-corrected chi connectivity index (χ1v) is 5.62. The number of halogens is 3. The Morgan fingerprint density at radius 2 is 2.06 bits per heavy atom. The van der Waals surface area contributed by atoms with Gasteiger partial charge >= 0.3 is 0 Å². The van der Waals surface area contributed by atoms with Crippen molar-refractivity contribution in [1.82, 2.24) is 4.98 Å². The van der Waals surface area contributed by atoms with E-state index in [0.717, 1.165) is 0 Å². The van der Waals surface area contributed by atoms with Gasteiger partial charge in [-0.05, 0) is 40.2 Å². The van der Waals surface area contributed by atoms with E-state index in [0.29, 0.717) is 21.4 Å². The van der Waals surface area contributed by atoms with Crippen LogP contribution in [0.4, 0.5) is 10.1 Å². The highest BCUT2D eigenvalue weighted by Gasteiger charge is 2.14. The Morgan fingerprint density at radius 1 is 1.31 bits per heavy atom. The van der Waals surface area contributed by atoms with Crippen molar-refractivity contribution >= 4 is 33.2 Å². The van der Waals surface area contributed by atoms with Gasteiger partial charge in [0.15, 0.2) is 5.82 Å². The number of hydrogen-bond acceptors (Lipinski definition) is 2. The van der Waals surface area contributed by atoms with Gasteiger partial charge in [-0.1, -0.05) is 11.6 Å². The maximum atomic E-state index is 13.9. The molecule has 1 aromatic carbocycles. The van der Waals surface area contributed by atoms with Gasteiger partial charge in [0, 0.05) is 16.2 Å². The van der Waals surface area contributed by atoms with E-state index in [2.05, 4.69) is 20.9 Å². The monoisotopic (exact) mass is 300 g/mol. The largest absolute Gasteiger partial charge is 0.397 e. The fraction of sp³-hybridized carbons (Fsp3) is 0. The number of nitrogens with two attached hydrogens (primary N) is 1. The average molecular weight is 302 g/mol. The van der Waals surface area contributed by atoms with E-state index in [9.17, 15) is 4.39 Å². The number of hydrogen-bond donors (Lipinski definition) is 1. The lowest BCUT2D eigenvalue weighted by Crippen LogP contribution is -1.95. The highest BCUT2D eigenvalue weighted by molar-refractivity contribution is 9.10. The van der Waals surface area contributed by atoms with Gasteiger partial charge < -0.3 is 5.73 Å². The SMILES string of the molecule is Nc1cccnc1-c1ccc(Br)c(Cl)c1F. The maximum absolute atomic E-state index is 13.9. The maximum Gasteiger partial charge on any atom is 0.152 e. The fourth-order valence-corrected chi connectivity index (χ4v) is 1.82. The molecule has 1 heterocycles. The molecule has 0 aliphatic carbocycles. The van der Waals surface area contributed by atoms with Crippen molar-refractivity contribution in [2.45, 2.75) is 0 Å². The van der Waals surface area contributed by atoms with E-state index in [1.807, 2.05) is 0 Å². The van der Waals surface area contributed by atoms with Crippen molar-refractivity contribution in [3.63, 3.8) is 0 Å². The molecular weight excluding hydrogens is 294 g/mol. The van der Waals surface area contributed by atoms with Crippen molar-refractivity contribution < 1.29 is 4.39 Å². The lowest BCUT2D eigenvalue weighted by Gasteiger charge is -2.07. The Labute approximate surface area is 105 Å². The third-order valence-corrected chi connectivity index (χ3v) is 3.39. The van der Waals surface area contributed by atoms with E-state index in [4.69, 9.17) is 17.3 Å². The Kier molecular flexibility index (Phi) is 3.12. The minimum absolute atomic E-state index is 0.0301. The van der Waals surface area contributed by atoms with Crippen LogP contribution in [0.15, 0.2) is 34.9 Å². The van der Waals surface area contributed by atoms with Crippen LogP contribution in [0.3, 0.4) is 0 Å². The van der Waals surface area contributed by atoms with E-state index in [1.54, 1.807) is 30.5 Å². The molecule has 16 heavy (non-hydrogen) atoms. The van der Waals surface area contributed by atoms with Gasteiger partial charge in [-0.25, -0.2) is 4.39 Å². The van der Waals surface area contributed by atoms with Crippen LogP contribution in [0.1, 0.15) is 0 Å². The first-order valence-electron chi connectivity index (χ1n) is 4.45. The normalized spacial score (nSPS) is 10.4.